The van der Waals surface area contributed by atoms with E-state index in [1.807, 2.05) is 49.6 Å². The number of hydrogen-bond donors (Lipinski definition) is 0. The monoisotopic (exact) mass is 692 g/mol. The number of carbonyl (C=O) groups excluding carboxylic acids is 2. The van der Waals surface area contributed by atoms with E-state index < -0.39 is 5.91 Å². The second kappa shape index (κ2) is 14.8. The van der Waals surface area contributed by atoms with Crippen molar-refractivity contribution in [3.05, 3.63) is 99.7 Å². The zero-order chi connectivity index (χ0) is 35.5. The molecule has 0 unspecified atom stereocenters. The van der Waals surface area contributed by atoms with Crippen LogP contribution in [0.1, 0.15) is 32.1 Å². The molecule has 0 N–H and O–H groups in total. The Bertz CT molecular complexity index is 2150. The third kappa shape index (κ3) is 7.08. The van der Waals surface area contributed by atoms with Gasteiger partial charge in [-0.3, -0.25) is 33.4 Å². The molecule has 2 aliphatic heterocycles. The molecule has 13 heteroatoms. The molecule has 7 rings (SSSR count). The summed E-state index contributed by atoms with van der Waals surface area (Å²) < 4.78 is 25.6. The lowest BCUT2D eigenvalue weighted by Crippen LogP contribution is -2.38. The summed E-state index contributed by atoms with van der Waals surface area (Å²) in [7, 11) is 5.01. The quantitative estimate of drug-likeness (QED) is 0.169. The van der Waals surface area contributed by atoms with Crippen LogP contribution in [0.15, 0.2) is 71.7 Å². The third-order valence-electron chi connectivity index (χ3n) is 9.40. The highest BCUT2D eigenvalue weighted by molar-refractivity contribution is 6.21. The van der Waals surface area contributed by atoms with E-state index in [9.17, 15) is 14.4 Å². The normalized spacial score (nSPS) is 14.7. The van der Waals surface area contributed by atoms with Crippen LogP contribution in [0.25, 0.3) is 22.2 Å². The zero-order valence-corrected chi connectivity index (χ0v) is 29.0. The molecule has 4 heterocycles. The SMILES string of the molecule is COc1ccc(CCn2c(CCN3C(=O)c4ccc(OCCN5CCOCC5)cc4C3=O)nc3cc(-c4ccn(C)n4)ccc3c2=O)cc1OC. The summed E-state index contributed by atoms with van der Waals surface area (Å²) in [5, 5.41) is 4.96. The fraction of sp³-hybridized carbons (Fsp3) is 0.342. The van der Waals surface area contributed by atoms with Crippen molar-refractivity contribution in [2.45, 2.75) is 19.4 Å². The summed E-state index contributed by atoms with van der Waals surface area (Å²) in [6.07, 6.45) is 2.54. The topological polar surface area (TPSA) is 130 Å². The highest BCUT2D eigenvalue weighted by Gasteiger charge is 2.36. The number of aryl methyl sites for hydroxylation is 2. The number of carbonyl (C=O) groups is 2. The van der Waals surface area contributed by atoms with Gasteiger partial charge in [0.2, 0.25) is 0 Å². The Kier molecular flexibility index (Phi) is 9.82. The molecular formula is C38H40N6O7. The lowest BCUT2D eigenvalue weighted by atomic mass is 10.1. The van der Waals surface area contributed by atoms with Crippen LogP contribution in [0, 0.1) is 0 Å². The minimum absolute atomic E-state index is 0.0494. The number of benzene rings is 3. The van der Waals surface area contributed by atoms with Gasteiger partial charge >= 0.3 is 0 Å². The van der Waals surface area contributed by atoms with Gasteiger partial charge in [0.25, 0.3) is 17.4 Å². The molecule has 0 radical (unpaired) electrons. The first kappa shape index (κ1) is 33.9. The van der Waals surface area contributed by atoms with E-state index in [-0.39, 0.29) is 24.4 Å². The van der Waals surface area contributed by atoms with Gasteiger partial charge in [0.15, 0.2) is 11.5 Å². The fourth-order valence-electron chi connectivity index (χ4n) is 6.59. The fourth-order valence-corrected chi connectivity index (χ4v) is 6.59. The van der Waals surface area contributed by atoms with Crippen molar-refractivity contribution < 1.29 is 28.5 Å². The van der Waals surface area contributed by atoms with Crippen molar-refractivity contribution in [3.63, 3.8) is 0 Å². The van der Waals surface area contributed by atoms with Crippen LogP contribution in [0.4, 0.5) is 0 Å². The molecular weight excluding hydrogens is 652 g/mol. The van der Waals surface area contributed by atoms with E-state index in [1.165, 1.54) is 4.90 Å². The average Bonchev–Trinajstić information content (AvgIpc) is 3.69. The first-order chi connectivity index (χ1) is 24.8. The predicted molar refractivity (Wildman–Crippen MR) is 190 cm³/mol. The Morgan fingerprint density at radius 1 is 0.804 bits per heavy atom. The second-order valence-electron chi connectivity index (χ2n) is 12.6. The molecule has 0 bridgehead atoms. The minimum Gasteiger partial charge on any atom is -0.493 e. The number of fused-ring (bicyclic) bond motifs is 2. The van der Waals surface area contributed by atoms with Gasteiger partial charge in [-0.2, -0.15) is 5.10 Å². The average molecular weight is 693 g/mol. The van der Waals surface area contributed by atoms with Gasteiger partial charge in [-0.15, -0.1) is 0 Å². The van der Waals surface area contributed by atoms with Crippen molar-refractivity contribution >= 4 is 22.7 Å². The van der Waals surface area contributed by atoms with Gasteiger partial charge in [0.05, 0.1) is 55.2 Å². The molecule has 0 atom stereocenters. The van der Waals surface area contributed by atoms with Gasteiger partial charge in [-0.25, -0.2) is 4.98 Å². The van der Waals surface area contributed by atoms with Crippen LogP contribution in [0.2, 0.25) is 0 Å². The van der Waals surface area contributed by atoms with Crippen LogP contribution < -0.4 is 19.8 Å². The molecule has 1 saturated heterocycles. The van der Waals surface area contributed by atoms with Crippen molar-refractivity contribution in [3.8, 4) is 28.5 Å². The molecule has 2 amide bonds. The number of aromatic nitrogens is 4. The number of ether oxygens (including phenoxy) is 4. The van der Waals surface area contributed by atoms with Gasteiger partial charge in [-0.1, -0.05) is 12.1 Å². The first-order valence-electron chi connectivity index (χ1n) is 17.0. The number of nitrogens with zero attached hydrogens (tertiary/aromatic N) is 6. The smallest absolute Gasteiger partial charge is 0.261 e. The predicted octanol–water partition coefficient (Wildman–Crippen LogP) is 3.61. The summed E-state index contributed by atoms with van der Waals surface area (Å²) in [6, 6.07) is 18.0. The van der Waals surface area contributed by atoms with Gasteiger partial charge in [0.1, 0.15) is 18.2 Å². The molecule has 2 aliphatic rings. The Morgan fingerprint density at radius 3 is 2.37 bits per heavy atom. The number of amides is 2. The number of hydrogen-bond acceptors (Lipinski definition) is 10. The number of methoxy groups -OCH3 is 2. The minimum atomic E-state index is -0.397. The lowest BCUT2D eigenvalue weighted by molar-refractivity contribution is 0.0322. The van der Waals surface area contributed by atoms with Gasteiger partial charge < -0.3 is 18.9 Å². The Labute approximate surface area is 294 Å². The van der Waals surface area contributed by atoms with E-state index in [1.54, 1.807) is 47.7 Å². The van der Waals surface area contributed by atoms with Crippen LogP contribution in [0.5, 0.6) is 17.2 Å². The van der Waals surface area contributed by atoms with E-state index in [2.05, 4.69) is 10.00 Å². The second-order valence-corrected chi connectivity index (χ2v) is 12.6. The molecule has 5 aromatic rings. The van der Waals surface area contributed by atoms with Crippen molar-refractivity contribution in [2.24, 2.45) is 7.05 Å². The maximum Gasteiger partial charge on any atom is 0.261 e. The molecule has 0 spiro atoms. The van der Waals surface area contributed by atoms with Crippen molar-refractivity contribution in [2.75, 3.05) is 60.2 Å². The zero-order valence-electron chi connectivity index (χ0n) is 29.0. The van der Waals surface area contributed by atoms with Crippen molar-refractivity contribution in [1.82, 2.24) is 29.1 Å². The molecule has 13 nitrogen and oxygen atoms in total. The molecule has 51 heavy (non-hydrogen) atoms. The first-order valence-corrected chi connectivity index (χ1v) is 17.0. The van der Waals surface area contributed by atoms with Gasteiger partial charge in [-0.05, 0) is 60.5 Å². The lowest BCUT2D eigenvalue weighted by Gasteiger charge is -2.26. The third-order valence-corrected chi connectivity index (χ3v) is 9.40. The van der Waals surface area contributed by atoms with Crippen LogP contribution in [-0.4, -0.2) is 101 Å². The van der Waals surface area contributed by atoms with E-state index in [4.69, 9.17) is 23.9 Å². The van der Waals surface area contributed by atoms with Crippen LogP contribution in [-0.2, 0) is 31.2 Å². The highest BCUT2D eigenvalue weighted by Crippen LogP contribution is 2.29. The Hall–Kier alpha value is -5.53. The highest BCUT2D eigenvalue weighted by atomic mass is 16.5. The summed E-state index contributed by atoms with van der Waals surface area (Å²) in [5.41, 5.74) is 3.48. The molecule has 0 saturated carbocycles. The standard InChI is InChI=1S/C38H40N6O7/c1-41-13-11-31(40-41)26-5-7-29-32(23-26)39-35(43(37(29)46)14-10-25-4-9-33(48-2)34(22-25)49-3)12-15-44-36(45)28-8-6-27(24-30(28)38(44)47)51-21-18-42-16-19-50-20-17-42/h4-9,11,13,22-24H,10,12,14-21H2,1-3H3. The summed E-state index contributed by atoms with van der Waals surface area (Å²) >= 11 is 0. The maximum atomic E-state index is 14.1. The number of morpholine rings is 1. The van der Waals surface area contributed by atoms with Crippen LogP contribution >= 0.6 is 0 Å². The summed E-state index contributed by atoms with van der Waals surface area (Å²) in [6.45, 7) is 4.71. The molecule has 2 aromatic heterocycles. The van der Waals surface area contributed by atoms with Crippen molar-refractivity contribution in [1.29, 1.82) is 0 Å². The molecule has 0 aliphatic carbocycles. The summed E-state index contributed by atoms with van der Waals surface area (Å²) in [4.78, 5) is 49.6. The molecule has 1 fully saturated rings. The van der Waals surface area contributed by atoms with Crippen LogP contribution in [0.3, 0.4) is 0 Å². The summed E-state index contributed by atoms with van der Waals surface area (Å²) in [5.74, 6) is 1.43. The number of imide groups is 1. The Morgan fingerprint density at radius 2 is 1.61 bits per heavy atom. The molecule has 264 valence electrons. The van der Waals surface area contributed by atoms with E-state index in [0.717, 1.165) is 36.5 Å². The Balaban J connectivity index is 1.13. The van der Waals surface area contributed by atoms with E-state index >= 15 is 0 Å². The largest absolute Gasteiger partial charge is 0.493 e. The maximum absolute atomic E-state index is 14.1. The molecule has 3 aromatic carbocycles. The van der Waals surface area contributed by atoms with E-state index in [0.29, 0.717) is 77.9 Å². The van der Waals surface area contributed by atoms with Gasteiger partial charge in [0, 0.05) is 58.0 Å². The number of rotatable bonds is 13.